The number of ether oxygens (including phenoxy) is 1. The fourth-order valence-electron chi connectivity index (χ4n) is 2.02. The Hall–Kier alpha value is -1.61. The summed E-state index contributed by atoms with van der Waals surface area (Å²) in [5.41, 5.74) is 8.80. The molecule has 0 saturated carbocycles. The molecule has 0 aliphatic rings. The fraction of sp³-hybridized carbons (Fsp3) is 0.357. The maximum atomic E-state index is 5.56. The first-order valence-corrected chi connectivity index (χ1v) is 5.89. The molecule has 2 rings (SSSR count). The van der Waals surface area contributed by atoms with Gasteiger partial charge in [0.05, 0.1) is 7.11 Å². The third kappa shape index (κ3) is 2.39. The maximum Gasteiger partial charge on any atom is 0.145 e. The number of methoxy groups -OCH3 is 1. The molecule has 0 spiro atoms. The van der Waals surface area contributed by atoms with Gasteiger partial charge in [0.15, 0.2) is 0 Å². The van der Waals surface area contributed by atoms with E-state index in [1.807, 2.05) is 19.1 Å². The lowest BCUT2D eigenvalue weighted by molar-refractivity contribution is 0.418. The van der Waals surface area contributed by atoms with Crippen LogP contribution in [0, 0.1) is 6.92 Å². The van der Waals surface area contributed by atoms with Gasteiger partial charge in [-0.05, 0) is 44.0 Å². The van der Waals surface area contributed by atoms with E-state index in [4.69, 9.17) is 10.5 Å². The number of benzene rings is 1. The number of nitrogens with two attached hydrogens (primary N) is 1. The molecular weight excluding hydrogens is 212 g/mol. The lowest BCUT2D eigenvalue weighted by Gasteiger charge is -2.10. The smallest absolute Gasteiger partial charge is 0.145 e. The fourth-order valence-corrected chi connectivity index (χ4v) is 2.02. The molecular formula is C14H18N2O. The SMILES string of the molecule is COc1ccc(CCCN)c2ccc(C)nc12. The van der Waals surface area contributed by atoms with Crippen LogP contribution in [0.25, 0.3) is 10.9 Å². The Kier molecular flexibility index (Phi) is 3.59. The van der Waals surface area contributed by atoms with Crippen molar-refractivity contribution in [2.75, 3.05) is 13.7 Å². The molecule has 0 unspecified atom stereocenters. The van der Waals surface area contributed by atoms with E-state index in [-0.39, 0.29) is 0 Å². The van der Waals surface area contributed by atoms with E-state index in [0.29, 0.717) is 6.54 Å². The summed E-state index contributed by atoms with van der Waals surface area (Å²) in [4.78, 5) is 4.56. The van der Waals surface area contributed by atoms with E-state index < -0.39 is 0 Å². The van der Waals surface area contributed by atoms with E-state index in [2.05, 4.69) is 17.1 Å². The average molecular weight is 230 g/mol. The van der Waals surface area contributed by atoms with Crippen LogP contribution in [-0.2, 0) is 6.42 Å². The van der Waals surface area contributed by atoms with Crippen LogP contribution in [0.2, 0.25) is 0 Å². The van der Waals surface area contributed by atoms with Crippen molar-refractivity contribution in [1.82, 2.24) is 4.98 Å². The van der Waals surface area contributed by atoms with Crippen molar-refractivity contribution in [2.24, 2.45) is 5.73 Å². The molecule has 1 aromatic carbocycles. The van der Waals surface area contributed by atoms with Crippen LogP contribution in [0.15, 0.2) is 24.3 Å². The number of rotatable bonds is 4. The van der Waals surface area contributed by atoms with E-state index in [1.165, 1.54) is 10.9 Å². The summed E-state index contributed by atoms with van der Waals surface area (Å²) in [5, 5.41) is 1.17. The van der Waals surface area contributed by atoms with Gasteiger partial charge in [-0.15, -0.1) is 0 Å². The van der Waals surface area contributed by atoms with Crippen LogP contribution in [0.3, 0.4) is 0 Å². The van der Waals surface area contributed by atoms with Gasteiger partial charge in [0, 0.05) is 11.1 Å². The van der Waals surface area contributed by atoms with E-state index >= 15 is 0 Å². The molecule has 1 heterocycles. The summed E-state index contributed by atoms with van der Waals surface area (Å²) < 4.78 is 5.35. The molecule has 0 radical (unpaired) electrons. The second-order valence-corrected chi connectivity index (χ2v) is 4.17. The number of hydrogen-bond donors (Lipinski definition) is 1. The Labute approximate surface area is 102 Å². The minimum absolute atomic E-state index is 0.715. The van der Waals surface area contributed by atoms with Crippen LogP contribution >= 0.6 is 0 Å². The minimum atomic E-state index is 0.715. The van der Waals surface area contributed by atoms with Crippen LogP contribution in [-0.4, -0.2) is 18.6 Å². The highest BCUT2D eigenvalue weighted by Gasteiger charge is 2.07. The molecule has 0 amide bonds. The predicted octanol–water partition coefficient (Wildman–Crippen LogP) is 2.44. The highest BCUT2D eigenvalue weighted by atomic mass is 16.5. The van der Waals surface area contributed by atoms with Crippen molar-refractivity contribution < 1.29 is 4.74 Å². The zero-order valence-corrected chi connectivity index (χ0v) is 10.4. The molecule has 17 heavy (non-hydrogen) atoms. The summed E-state index contributed by atoms with van der Waals surface area (Å²) in [7, 11) is 1.68. The molecule has 0 saturated heterocycles. The molecule has 0 fully saturated rings. The minimum Gasteiger partial charge on any atom is -0.494 e. The third-order valence-electron chi connectivity index (χ3n) is 2.92. The van der Waals surface area contributed by atoms with Gasteiger partial charge in [-0.2, -0.15) is 0 Å². The standard InChI is InChI=1S/C14H18N2O/c1-10-5-7-12-11(4-3-9-15)6-8-13(17-2)14(12)16-10/h5-8H,3-4,9,15H2,1-2H3. The van der Waals surface area contributed by atoms with Crippen LogP contribution in [0.4, 0.5) is 0 Å². The van der Waals surface area contributed by atoms with E-state index in [1.54, 1.807) is 7.11 Å². The first-order chi connectivity index (χ1) is 8.26. The predicted molar refractivity (Wildman–Crippen MR) is 70.4 cm³/mol. The Bertz CT molecular complexity index is 523. The number of aryl methyl sites for hydroxylation is 2. The molecule has 0 bridgehead atoms. The van der Waals surface area contributed by atoms with Crippen molar-refractivity contribution in [3.8, 4) is 5.75 Å². The van der Waals surface area contributed by atoms with Gasteiger partial charge in [-0.3, -0.25) is 0 Å². The Morgan fingerprint density at radius 1 is 1.24 bits per heavy atom. The zero-order valence-electron chi connectivity index (χ0n) is 10.4. The Morgan fingerprint density at radius 3 is 2.76 bits per heavy atom. The van der Waals surface area contributed by atoms with Crippen LogP contribution < -0.4 is 10.5 Å². The number of fused-ring (bicyclic) bond motifs is 1. The van der Waals surface area contributed by atoms with Gasteiger partial charge < -0.3 is 10.5 Å². The largest absolute Gasteiger partial charge is 0.494 e. The summed E-state index contributed by atoms with van der Waals surface area (Å²) in [6, 6.07) is 8.24. The number of aromatic nitrogens is 1. The monoisotopic (exact) mass is 230 g/mol. The summed E-state index contributed by atoms with van der Waals surface area (Å²) in [6.45, 7) is 2.71. The van der Waals surface area contributed by atoms with Gasteiger partial charge >= 0.3 is 0 Å². The number of nitrogens with zero attached hydrogens (tertiary/aromatic N) is 1. The highest BCUT2D eigenvalue weighted by molar-refractivity contribution is 5.87. The molecule has 3 nitrogen and oxygen atoms in total. The zero-order chi connectivity index (χ0) is 12.3. The number of hydrogen-bond acceptors (Lipinski definition) is 3. The lowest BCUT2D eigenvalue weighted by atomic mass is 10.0. The molecule has 0 atom stereocenters. The summed E-state index contributed by atoms with van der Waals surface area (Å²) in [5.74, 6) is 0.834. The molecule has 2 N–H and O–H groups in total. The summed E-state index contributed by atoms with van der Waals surface area (Å²) >= 11 is 0. The lowest BCUT2D eigenvalue weighted by Crippen LogP contribution is -2.01. The van der Waals surface area contributed by atoms with Gasteiger partial charge in [0.25, 0.3) is 0 Å². The first kappa shape index (κ1) is 11.9. The van der Waals surface area contributed by atoms with Gasteiger partial charge in [-0.25, -0.2) is 4.98 Å². The van der Waals surface area contributed by atoms with E-state index in [0.717, 1.165) is 29.8 Å². The first-order valence-electron chi connectivity index (χ1n) is 5.89. The Morgan fingerprint density at radius 2 is 2.06 bits per heavy atom. The van der Waals surface area contributed by atoms with Gasteiger partial charge in [0.1, 0.15) is 11.3 Å². The van der Waals surface area contributed by atoms with Crippen molar-refractivity contribution in [2.45, 2.75) is 19.8 Å². The van der Waals surface area contributed by atoms with E-state index in [9.17, 15) is 0 Å². The van der Waals surface area contributed by atoms with Gasteiger partial charge in [0.2, 0.25) is 0 Å². The molecule has 2 aromatic rings. The van der Waals surface area contributed by atoms with Crippen LogP contribution in [0.5, 0.6) is 5.75 Å². The highest BCUT2D eigenvalue weighted by Crippen LogP contribution is 2.27. The van der Waals surface area contributed by atoms with Crippen molar-refractivity contribution >= 4 is 10.9 Å². The quantitative estimate of drug-likeness (QED) is 0.877. The molecule has 1 aromatic heterocycles. The van der Waals surface area contributed by atoms with Gasteiger partial charge in [-0.1, -0.05) is 12.1 Å². The van der Waals surface area contributed by atoms with Crippen LogP contribution in [0.1, 0.15) is 17.7 Å². The Balaban J connectivity index is 2.56. The third-order valence-corrected chi connectivity index (χ3v) is 2.92. The molecule has 0 aliphatic heterocycles. The second-order valence-electron chi connectivity index (χ2n) is 4.17. The molecule has 3 heteroatoms. The maximum absolute atomic E-state index is 5.56. The topological polar surface area (TPSA) is 48.1 Å². The molecule has 0 aliphatic carbocycles. The number of pyridine rings is 1. The van der Waals surface area contributed by atoms with Crippen molar-refractivity contribution in [1.29, 1.82) is 0 Å². The second kappa shape index (κ2) is 5.15. The summed E-state index contributed by atoms with van der Waals surface area (Å²) in [6.07, 6.45) is 1.98. The van der Waals surface area contributed by atoms with Crippen molar-refractivity contribution in [3.05, 3.63) is 35.5 Å². The normalized spacial score (nSPS) is 10.8. The molecule has 90 valence electrons. The van der Waals surface area contributed by atoms with Crippen molar-refractivity contribution in [3.63, 3.8) is 0 Å². The average Bonchev–Trinajstić information content (AvgIpc) is 2.35.